The molecule has 2 rings (SSSR count). The van der Waals surface area contributed by atoms with Gasteiger partial charge >= 0.3 is 5.97 Å². The van der Waals surface area contributed by atoms with E-state index in [1.54, 1.807) is 13.2 Å². The van der Waals surface area contributed by atoms with Crippen molar-refractivity contribution in [2.24, 2.45) is 0 Å². The standard InChI is InChI=1S/C17H19NO3/c1-3-8-18(12-17(19)20)11-13-4-5-15-10-16(21-2)7-6-14(15)9-13/h3-7,9-10H,1,8,11-12H2,2H3,(H,19,20). The molecule has 0 unspecified atom stereocenters. The minimum Gasteiger partial charge on any atom is -0.497 e. The summed E-state index contributed by atoms with van der Waals surface area (Å²) < 4.78 is 5.21. The molecule has 0 aromatic heterocycles. The van der Waals surface area contributed by atoms with Crippen LogP contribution in [0.25, 0.3) is 10.8 Å². The summed E-state index contributed by atoms with van der Waals surface area (Å²) in [5.41, 5.74) is 1.08. The third-order valence-corrected chi connectivity index (χ3v) is 3.26. The zero-order valence-corrected chi connectivity index (χ0v) is 12.1. The molecule has 0 radical (unpaired) electrons. The molecule has 2 aromatic carbocycles. The van der Waals surface area contributed by atoms with Crippen LogP contribution in [-0.2, 0) is 11.3 Å². The van der Waals surface area contributed by atoms with Crippen LogP contribution >= 0.6 is 0 Å². The second-order valence-electron chi connectivity index (χ2n) is 4.90. The van der Waals surface area contributed by atoms with Crippen LogP contribution in [0.1, 0.15) is 5.56 Å². The van der Waals surface area contributed by atoms with Crippen LogP contribution < -0.4 is 4.74 Å². The molecule has 21 heavy (non-hydrogen) atoms. The number of rotatable bonds is 7. The number of methoxy groups -OCH3 is 1. The predicted octanol–water partition coefficient (Wildman–Crippen LogP) is 2.92. The molecule has 0 atom stereocenters. The molecular formula is C17H19NO3. The van der Waals surface area contributed by atoms with Gasteiger partial charge < -0.3 is 9.84 Å². The minimum absolute atomic E-state index is 0.00662. The van der Waals surface area contributed by atoms with Crippen molar-refractivity contribution >= 4 is 16.7 Å². The average Bonchev–Trinajstić information content (AvgIpc) is 2.46. The second kappa shape index (κ2) is 6.90. The van der Waals surface area contributed by atoms with Crippen LogP contribution in [0.2, 0.25) is 0 Å². The van der Waals surface area contributed by atoms with Gasteiger partial charge in [0, 0.05) is 13.1 Å². The quantitative estimate of drug-likeness (QED) is 0.795. The van der Waals surface area contributed by atoms with Crippen molar-refractivity contribution in [3.8, 4) is 5.75 Å². The summed E-state index contributed by atoms with van der Waals surface area (Å²) in [7, 11) is 1.65. The summed E-state index contributed by atoms with van der Waals surface area (Å²) >= 11 is 0. The third kappa shape index (κ3) is 4.07. The molecule has 0 spiro atoms. The van der Waals surface area contributed by atoms with Gasteiger partial charge in [0.15, 0.2) is 0 Å². The number of carbonyl (C=O) groups is 1. The maximum absolute atomic E-state index is 10.9. The van der Waals surface area contributed by atoms with Crippen molar-refractivity contribution in [2.75, 3.05) is 20.2 Å². The van der Waals surface area contributed by atoms with Gasteiger partial charge in [0.1, 0.15) is 5.75 Å². The highest BCUT2D eigenvalue weighted by atomic mass is 16.5. The van der Waals surface area contributed by atoms with Gasteiger partial charge in [-0.1, -0.05) is 24.3 Å². The van der Waals surface area contributed by atoms with E-state index in [1.165, 1.54) is 0 Å². The molecule has 0 bridgehead atoms. The molecule has 4 heteroatoms. The fourth-order valence-corrected chi connectivity index (χ4v) is 2.32. The molecule has 0 aliphatic rings. The van der Waals surface area contributed by atoms with Crippen LogP contribution in [-0.4, -0.2) is 36.2 Å². The monoisotopic (exact) mass is 285 g/mol. The first-order valence-corrected chi connectivity index (χ1v) is 6.74. The molecule has 0 fully saturated rings. The zero-order chi connectivity index (χ0) is 15.2. The van der Waals surface area contributed by atoms with E-state index in [0.29, 0.717) is 13.1 Å². The average molecular weight is 285 g/mol. The molecule has 0 aliphatic carbocycles. The number of fused-ring (bicyclic) bond motifs is 1. The number of benzene rings is 2. The second-order valence-corrected chi connectivity index (χ2v) is 4.90. The molecule has 2 aromatic rings. The number of carboxylic acid groups (broad SMARTS) is 1. The Balaban J connectivity index is 2.21. The summed E-state index contributed by atoms with van der Waals surface area (Å²) in [6.07, 6.45) is 1.72. The van der Waals surface area contributed by atoms with Gasteiger partial charge in [-0.2, -0.15) is 0 Å². The molecule has 1 N–H and O–H groups in total. The molecule has 0 amide bonds. The van der Waals surface area contributed by atoms with E-state index in [9.17, 15) is 4.79 Å². The lowest BCUT2D eigenvalue weighted by molar-refractivity contribution is -0.138. The van der Waals surface area contributed by atoms with E-state index in [-0.39, 0.29) is 6.54 Å². The summed E-state index contributed by atoms with van der Waals surface area (Å²) in [5, 5.41) is 11.1. The molecular weight excluding hydrogens is 266 g/mol. The molecule has 0 saturated heterocycles. The van der Waals surface area contributed by atoms with E-state index in [2.05, 4.69) is 12.6 Å². The van der Waals surface area contributed by atoms with Gasteiger partial charge in [0.25, 0.3) is 0 Å². The Bertz CT molecular complexity index is 652. The Kier molecular flexibility index (Phi) is 4.95. The lowest BCUT2D eigenvalue weighted by atomic mass is 10.1. The fourth-order valence-electron chi connectivity index (χ4n) is 2.32. The molecule has 4 nitrogen and oxygen atoms in total. The highest BCUT2D eigenvalue weighted by molar-refractivity contribution is 5.84. The van der Waals surface area contributed by atoms with E-state index in [4.69, 9.17) is 9.84 Å². The van der Waals surface area contributed by atoms with Crippen molar-refractivity contribution in [1.29, 1.82) is 0 Å². The van der Waals surface area contributed by atoms with E-state index in [1.807, 2.05) is 35.2 Å². The van der Waals surface area contributed by atoms with E-state index < -0.39 is 5.97 Å². The third-order valence-electron chi connectivity index (χ3n) is 3.26. The summed E-state index contributed by atoms with van der Waals surface area (Å²) in [5.74, 6) is -0.00298. The maximum Gasteiger partial charge on any atom is 0.317 e. The zero-order valence-electron chi connectivity index (χ0n) is 12.1. The van der Waals surface area contributed by atoms with Crippen molar-refractivity contribution in [2.45, 2.75) is 6.54 Å². The first kappa shape index (κ1) is 15.1. The first-order chi connectivity index (χ1) is 10.1. The van der Waals surface area contributed by atoms with Crippen molar-refractivity contribution in [3.05, 3.63) is 54.6 Å². The van der Waals surface area contributed by atoms with Crippen LogP contribution in [0.5, 0.6) is 5.75 Å². The number of carboxylic acids is 1. The van der Waals surface area contributed by atoms with Crippen molar-refractivity contribution < 1.29 is 14.6 Å². The SMILES string of the molecule is C=CCN(CC(=O)O)Cc1ccc2cc(OC)ccc2c1. The van der Waals surface area contributed by atoms with Crippen LogP contribution in [0, 0.1) is 0 Å². The van der Waals surface area contributed by atoms with Crippen molar-refractivity contribution in [3.63, 3.8) is 0 Å². The van der Waals surface area contributed by atoms with Gasteiger partial charge in [-0.05, 0) is 34.5 Å². The molecule has 0 heterocycles. The number of nitrogens with zero attached hydrogens (tertiary/aromatic N) is 1. The Morgan fingerprint density at radius 2 is 2.00 bits per heavy atom. The highest BCUT2D eigenvalue weighted by Gasteiger charge is 2.09. The van der Waals surface area contributed by atoms with Gasteiger partial charge in [-0.25, -0.2) is 0 Å². The first-order valence-electron chi connectivity index (χ1n) is 6.74. The van der Waals surface area contributed by atoms with Gasteiger partial charge in [-0.3, -0.25) is 9.69 Å². The smallest absolute Gasteiger partial charge is 0.317 e. The minimum atomic E-state index is -0.831. The lowest BCUT2D eigenvalue weighted by Crippen LogP contribution is -2.29. The predicted molar refractivity (Wildman–Crippen MR) is 83.6 cm³/mol. The van der Waals surface area contributed by atoms with E-state index >= 15 is 0 Å². The molecule has 110 valence electrons. The summed E-state index contributed by atoms with van der Waals surface area (Å²) in [6, 6.07) is 12.0. The Morgan fingerprint density at radius 3 is 2.67 bits per heavy atom. The maximum atomic E-state index is 10.9. The summed E-state index contributed by atoms with van der Waals surface area (Å²) in [6.45, 7) is 4.81. The highest BCUT2D eigenvalue weighted by Crippen LogP contribution is 2.22. The van der Waals surface area contributed by atoms with Crippen LogP contribution in [0.15, 0.2) is 49.1 Å². The Morgan fingerprint density at radius 1 is 1.29 bits per heavy atom. The van der Waals surface area contributed by atoms with Crippen molar-refractivity contribution in [1.82, 2.24) is 4.90 Å². The Labute approximate surface area is 124 Å². The van der Waals surface area contributed by atoms with Gasteiger partial charge in [0.2, 0.25) is 0 Å². The number of hydrogen-bond donors (Lipinski definition) is 1. The number of hydrogen-bond acceptors (Lipinski definition) is 3. The fraction of sp³-hybridized carbons (Fsp3) is 0.235. The number of aliphatic carboxylic acids is 1. The van der Waals surface area contributed by atoms with E-state index in [0.717, 1.165) is 22.1 Å². The van der Waals surface area contributed by atoms with Crippen LogP contribution in [0.4, 0.5) is 0 Å². The molecule has 0 saturated carbocycles. The lowest BCUT2D eigenvalue weighted by Gasteiger charge is -2.18. The van der Waals surface area contributed by atoms with Crippen LogP contribution in [0.3, 0.4) is 0 Å². The largest absolute Gasteiger partial charge is 0.497 e. The normalized spacial score (nSPS) is 10.8. The summed E-state index contributed by atoms with van der Waals surface area (Å²) in [4.78, 5) is 12.7. The Hall–Kier alpha value is -2.33. The van der Waals surface area contributed by atoms with Gasteiger partial charge in [0.05, 0.1) is 13.7 Å². The number of ether oxygens (including phenoxy) is 1. The van der Waals surface area contributed by atoms with Gasteiger partial charge in [-0.15, -0.1) is 6.58 Å². The molecule has 0 aliphatic heterocycles. The topological polar surface area (TPSA) is 49.8 Å².